The third kappa shape index (κ3) is 4.75. The number of carbonyl (C=O) groups excluding carboxylic acids is 2. The van der Waals surface area contributed by atoms with Crippen molar-refractivity contribution in [3.8, 4) is 0 Å². The molecule has 4 nitrogen and oxygen atoms in total. The smallest absolute Gasteiger partial charge is 0.338 e. The van der Waals surface area contributed by atoms with E-state index in [2.05, 4.69) is 5.32 Å². The minimum Gasteiger partial charge on any atom is -0.452 e. The van der Waals surface area contributed by atoms with E-state index in [0.29, 0.717) is 20.9 Å². The molecule has 2 aromatic carbocycles. The van der Waals surface area contributed by atoms with E-state index in [1.165, 1.54) is 5.56 Å². The van der Waals surface area contributed by atoms with Gasteiger partial charge < -0.3 is 10.1 Å². The lowest BCUT2D eigenvalue weighted by Crippen LogP contribution is -2.21. The minimum absolute atomic E-state index is 0.346. The summed E-state index contributed by atoms with van der Waals surface area (Å²) in [7, 11) is 0. The van der Waals surface area contributed by atoms with Crippen molar-refractivity contribution in [1.29, 1.82) is 0 Å². The number of nitrogens with one attached hydrogen (secondary N) is 1. The van der Waals surface area contributed by atoms with Crippen molar-refractivity contribution in [3.05, 3.63) is 64.2 Å². The van der Waals surface area contributed by atoms with Crippen molar-refractivity contribution < 1.29 is 14.3 Å². The van der Waals surface area contributed by atoms with Crippen LogP contribution in [0.25, 0.3) is 0 Å². The maximum Gasteiger partial charge on any atom is 0.338 e. The second-order valence-corrected chi connectivity index (χ2v) is 8.86. The zero-order chi connectivity index (χ0) is 18.5. The number of ether oxygens (including phenoxy) is 1. The van der Waals surface area contributed by atoms with Gasteiger partial charge in [-0.05, 0) is 42.3 Å². The van der Waals surface area contributed by atoms with Crippen LogP contribution in [-0.4, -0.2) is 30.0 Å². The van der Waals surface area contributed by atoms with Crippen LogP contribution in [0.4, 0.5) is 5.69 Å². The number of hydrogen-bond donors (Lipinski definition) is 1. The summed E-state index contributed by atoms with van der Waals surface area (Å²) in [5, 5.41) is 3.27. The molecule has 1 heterocycles. The van der Waals surface area contributed by atoms with E-state index in [9.17, 15) is 9.59 Å². The molecule has 0 atom stereocenters. The second kappa shape index (κ2) is 8.84. The van der Waals surface area contributed by atoms with E-state index in [-0.39, 0.29) is 6.61 Å². The molecule has 0 radical (unpaired) electrons. The summed E-state index contributed by atoms with van der Waals surface area (Å²) in [6, 6.07) is 12.6. The van der Waals surface area contributed by atoms with E-state index in [1.54, 1.807) is 30.3 Å². The number of amides is 1. The summed E-state index contributed by atoms with van der Waals surface area (Å²) in [4.78, 5) is 24.1. The van der Waals surface area contributed by atoms with Gasteiger partial charge in [0.15, 0.2) is 6.61 Å². The molecule has 0 bridgehead atoms. The number of esters is 1. The molecule has 136 valence electrons. The molecule has 1 aliphatic heterocycles. The van der Waals surface area contributed by atoms with Crippen LogP contribution in [0, 0.1) is 6.92 Å². The van der Waals surface area contributed by atoms with Gasteiger partial charge >= 0.3 is 5.97 Å². The number of anilines is 1. The summed E-state index contributed by atoms with van der Waals surface area (Å²) in [5.41, 5.74) is 3.01. The van der Waals surface area contributed by atoms with E-state index in [0.717, 1.165) is 17.1 Å². The summed E-state index contributed by atoms with van der Waals surface area (Å²) in [6.45, 7) is 1.47. The van der Waals surface area contributed by atoms with E-state index >= 15 is 0 Å². The largest absolute Gasteiger partial charge is 0.452 e. The standard InChI is InChI=1S/C19H18ClNO3S2/c1-12-15(20)3-2-4-16(12)21-17(22)11-24-18(23)13-5-7-14(8-6-13)19-25-9-10-26-19/h2-8,19H,9-11H2,1H3,(H,21,22). The van der Waals surface area contributed by atoms with Crippen LogP contribution < -0.4 is 5.32 Å². The lowest BCUT2D eigenvalue weighted by Gasteiger charge is -2.11. The highest BCUT2D eigenvalue weighted by Crippen LogP contribution is 2.45. The van der Waals surface area contributed by atoms with Crippen molar-refractivity contribution in [2.75, 3.05) is 23.4 Å². The molecule has 1 saturated heterocycles. The van der Waals surface area contributed by atoms with Crippen LogP contribution >= 0.6 is 35.1 Å². The molecule has 2 aromatic rings. The maximum absolute atomic E-state index is 12.1. The van der Waals surface area contributed by atoms with Gasteiger partial charge in [-0.15, -0.1) is 23.5 Å². The van der Waals surface area contributed by atoms with Gasteiger partial charge in [0.2, 0.25) is 0 Å². The topological polar surface area (TPSA) is 55.4 Å². The summed E-state index contributed by atoms with van der Waals surface area (Å²) in [5.74, 6) is 1.39. The monoisotopic (exact) mass is 407 g/mol. The molecule has 7 heteroatoms. The molecule has 0 spiro atoms. The van der Waals surface area contributed by atoms with Gasteiger partial charge in [0.05, 0.1) is 10.1 Å². The number of halogens is 1. The molecule has 3 rings (SSSR count). The Morgan fingerprint density at radius 3 is 2.54 bits per heavy atom. The average molecular weight is 408 g/mol. The number of benzene rings is 2. The van der Waals surface area contributed by atoms with Crippen molar-refractivity contribution in [2.45, 2.75) is 11.5 Å². The Morgan fingerprint density at radius 2 is 1.85 bits per heavy atom. The normalized spacial score (nSPS) is 14.2. The van der Waals surface area contributed by atoms with Crippen LogP contribution in [0.2, 0.25) is 5.02 Å². The van der Waals surface area contributed by atoms with Crippen molar-refractivity contribution in [1.82, 2.24) is 0 Å². The molecule has 0 aliphatic carbocycles. The highest BCUT2D eigenvalue weighted by molar-refractivity contribution is 8.19. The first-order valence-electron chi connectivity index (χ1n) is 8.10. The zero-order valence-electron chi connectivity index (χ0n) is 14.2. The van der Waals surface area contributed by atoms with Gasteiger partial charge in [-0.25, -0.2) is 4.79 Å². The highest BCUT2D eigenvalue weighted by Gasteiger charge is 2.19. The first-order chi connectivity index (χ1) is 12.5. The summed E-state index contributed by atoms with van der Waals surface area (Å²) in [6.07, 6.45) is 0. The minimum atomic E-state index is -0.513. The Bertz CT molecular complexity index is 805. The lowest BCUT2D eigenvalue weighted by atomic mass is 10.1. The van der Waals surface area contributed by atoms with Crippen molar-refractivity contribution in [3.63, 3.8) is 0 Å². The lowest BCUT2D eigenvalue weighted by molar-refractivity contribution is -0.119. The molecular formula is C19H18ClNO3S2. The number of thioether (sulfide) groups is 2. The zero-order valence-corrected chi connectivity index (χ0v) is 16.5. The number of hydrogen-bond acceptors (Lipinski definition) is 5. The molecule has 0 unspecified atom stereocenters. The molecule has 1 N–H and O–H groups in total. The van der Waals surface area contributed by atoms with Crippen LogP contribution in [0.1, 0.15) is 26.1 Å². The Hall–Kier alpha value is -1.63. The fraction of sp³-hybridized carbons (Fsp3) is 0.263. The van der Waals surface area contributed by atoms with Crippen LogP contribution in [0.5, 0.6) is 0 Å². The van der Waals surface area contributed by atoms with Crippen LogP contribution in [0.3, 0.4) is 0 Å². The maximum atomic E-state index is 12.1. The third-order valence-corrected chi connectivity index (χ3v) is 7.43. The molecular weight excluding hydrogens is 390 g/mol. The number of rotatable bonds is 5. The van der Waals surface area contributed by atoms with Gasteiger partial charge in [0.1, 0.15) is 0 Å². The fourth-order valence-electron chi connectivity index (χ4n) is 2.47. The third-order valence-electron chi connectivity index (χ3n) is 3.92. The van der Waals surface area contributed by atoms with Gasteiger partial charge in [0.25, 0.3) is 5.91 Å². The molecule has 0 aromatic heterocycles. The Labute approximate surface area is 166 Å². The Morgan fingerprint density at radius 1 is 1.15 bits per heavy atom. The predicted molar refractivity (Wildman–Crippen MR) is 109 cm³/mol. The first-order valence-corrected chi connectivity index (χ1v) is 10.6. The van der Waals surface area contributed by atoms with E-state index in [4.69, 9.17) is 16.3 Å². The average Bonchev–Trinajstić information content (AvgIpc) is 3.18. The second-order valence-electron chi connectivity index (χ2n) is 5.73. The van der Waals surface area contributed by atoms with Gasteiger partial charge in [-0.2, -0.15) is 0 Å². The quantitative estimate of drug-likeness (QED) is 0.712. The van der Waals surface area contributed by atoms with Gasteiger partial charge in [-0.3, -0.25) is 4.79 Å². The molecule has 26 heavy (non-hydrogen) atoms. The summed E-state index contributed by atoms with van der Waals surface area (Å²) < 4.78 is 5.54. The predicted octanol–water partition coefficient (Wildman–Crippen LogP) is 4.92. The van der Waals surface area contributed by atoms with Gasteiger partial charge in [-0.1, -0.05) is 29.8 Å². The van der Waals surface area contributed by atoms with Crippen molar-refractivity contribution >= 4 is 52.7 Å². The molecule has 1 amide bonds. The first kappa shape index (κ1) is 19.1. The van der Waals surface area contributed by atoms with Gasteiger partial charge in [0, 0.05) is 22.2 Å². The van der Waals surface area contributed by atoms with Crippen LogP contribution in [-0.2, 0) is 9.53 Å². The Balaban J connectivity index is 1.53. The highest BCUT2D eigenvalue weighted by atomic mass is 35.5. The SMILES string of the molecule is Cc1c(Cl)cccc1NC(=O)COC(=O)c1ccc(C2SCCS2)cc1. The Kier molecular flexibility index (Phi) is 6.51. The molecule has 1 aliphatic rings. The fourth-order valence-corrected chi connectivity index (χ4v) is 5.50. The van der Waals surface area contributed by atoms with Crippen molar-refractivity contribution in [2.24, 2.45) is 0 Å². The summed E-state index contributed by atoms with van der Waals surface area (Å²) >= 11 is 9.85. The van der Waals surface area contributed by atoms with E-state index in [1.807, 2.05) is 42.6 Å². The molecule has 0 saturated carbocycles. The number of carbonyl (C=O) groups is 2. The molecule has 1 fully saturated rings. The van der Waals surface area contributed by atoms with Crippen LogP contribution in [0.15, 0.2) is 42.5 Å². The van der Waals surface area contributed by atoms with E-state index < -0.39 is 11.9 Å².